The molecule has 0 saturated carbocycles. The molecule has 1 saturated heterocycles. The number of aliphatic hydroxyl groups is 1. The molecule has 2 heterocycles. The summed E-state index contributed by atoms with van der Waals surface area (Å²) in [6.07, 6.45) is 1.29. The molecule has 1 aliphatic rings. The van der Waals surface area contributed by atoms with E-state index in [2.05, 4.69) is 17.1 Å². The molecular formula is C13H13NO2S2. The zero-order chi connectivity index (χ0) is 12.4. The molecule has 18 heavy (non-hydrogen) atoms. The summed E-state index contributed by atoms with van der Waals surface area (Å²) in [7, 11) is 0. The van der Waals surface area contributed by atoms with E-state index in [9.17, 15) is 5.11 Å². The Morgan fingerprint density at radius 3 is 2.89 bits per heavy atom. The normalized spacial score (nSPS) is 22.7. The first-order valence-electron chi connectivity index (χ1n) is 5.75. The highest BCUT2D eigenvalue weighted by Gasteiger charge is 2.33. The fraction of sp³-hybridized carbons (Fsp3) is 0.308. The van der Waals surface area contributed by atoms with Crippen LogP contribution < -0.4 is 0 Å². The number of thioether (sulfide) groups is 1. The maximum Gasteiger partial charge on any atom is 0.150 e. The van der Waals surface area contributed by atoms with Gasteiger partial charge >= 0.3 is 0 Å². The van der Waals surface area contributed by atoms with Crippen molar-refractivity contribution in [1.29, 1.82) is 0 Å². The molecule has 0 spiro atoms. The Morgan fingerprint density at radius 1 is 1.39 bits per heavy atom. The number of hydrogen-bond acceptors (Lipinski definition) is 5. The highest BCUT2D eigenvalue weighted by atomic mass is 32.2. The zero-order valence-electron chi connectivity index (χ0n) is 9.65. The Hall–Kier alpha value is -0.880. The molecule has 1 aliphatic heterocycles. The van der Waals surface area contributed by atoms with Crippen LogP contribution >= 0.6 is 23.1 Å². The predicted molar refractivity (Wildman–Crippen MR) is 72.8 cm³/mol. The molecule has 2 aromatic rings. The molecule has 94 valence electrons. The van der Waals surface area contributed by atoms with Crippen molar-refractivity contribution in [2.24, 2.45) is 0 Å². The van der Waals surface area contributed by atoms with Gasteiger partial charge in [-0.3, -0.25) is 0 Å². The third kappa shape index (κ3) is 2.59. The Kier molecular flexibility index (Phi) is 3.65. The monoisotopic (exact) mass is 279 g/mol. The Morgan fingerprint density at radius 2 is 2.22 bits per heavy atom. The van der Waals surface area contributed by atoms with Crippen molar-refractivity contribution in [3.8, 4) is 0 Å². The quantitative estimate of drug-likeness (QED) is 0.874. The van der Waals surface area contributed by atoms with Crippen LogP contribution in [0.4, 0.5) is 0 Å². The minimum atomic E-state index is -0.363. The van der Waals surface area contributed by atoms with Crippen molar-refractivity contribution in [2.75, 3.05) is 6.61 Å². The second kappa shape index (κ2) is 5.40. The highest BCUT2D eigenvalue weighted by Crippen LogP contribution is 2.36. The lowest BCUT2D eigenvalue weighted by Gasteiger charge is -2.31. The maximum absolute atomic E-state index is 9.53. The fourth-order valence-corrected chi connectivity index (χ4v) is 3.80. The van der Waals surface area contributed by atoms with Crippen molar-refractivity contribution < 1.29 is 9.84 Å². The smallest absolute Gasteiger partial charge is 0.150 e. The number of benzene rings is 1. The predicted octanol–water partition coefficient (Wildman–Crippen LogP) is 2.87. The summed E-state index contributed by atoms with van der Waals surface area (Å²) in [6.45, 7) is 0.440. The first kappa shape index (κ1) is 12.2. The van der Waals surface area contributed by atoms with Gasteiger partial charge in [0, 0.05) is 11.9 Å². The zero-order valence-corrected chi connectivity index (χ0v) is 11.3. The summed E-state index contributed by atoms with van der Waals surface area (Å²) in [5.74, 6) is 0.919. The van der Waals surface area contributed by atoms with E-state index in [0.717, 1.165) is 15.0 Å². The molecule has 1 aromatic heterocycles. The van der Waals surface area contributed by atoms with Crippen molar-refractivity contribution in [2.45, 2.75) is 22.3 Å². The van der Waals surface area contributed by atoms with E-state index in [4.69, 9.17) is 4.74 Å². The lowest BCUT2D eigenvalue weighted by Crippen LogP contribution is -2.36. The van der Waals surface area contributed by atoms with Gasteiger partial charge in [-0.25, -0.2) is 4.98 Å². The third-order valence-electron chi connectivity index (χ3n) is 2.78. The van der Waals surface area contributed by atoms with Gasteiger partial charge in [0.2, 0.25) is 0 Å². The Labute approximate surface area is 114 Å². The largest absolute Gasteiger partial charge is 0.388 e. The van der Waals surface area contributed by atoms with E-state index in [1.807, 2.05) is 24.4 Å². The summed E-state index contributed by atoms with van der Waals surface area (Å²) in [4.78, 5) is 5.38. The SMILES string of the molecule is OC1COC1c1cnc(SCc2ccccc2)s1. The van der Waals surface area contributed by atoms with Crippen molar-refractivity contribution in [3.05, 3.63) is 47.0 Å². The molecule has 0 bridgehead atoms. The van der Waals surface area contributed by atoms with Gasteiger partial charge < -0.3 is 9.84 Å². The van der Waals surface area contributed by atoms with Crippen LogP contribution in [-0.4, -0.2) is 22.8 Å². The Balaban J connectivity index is 1.60. The fourth-order valence-electron chi connectivity index (χ4n) is 1.74. The van der Waals surface area contributed by atoms with E-state index < -0.39 is 0 Å². The molecule has 0 radical (unpaired) electrons. The van der Waals surface area contributed by atoms with Gasteiger partial charge in [0.1, 0.15) is 16.5 Å². The van der Waals surface area contributed by atoms with E-state index in [1.165, 1.54) is 5.56 Å². The molecular weight excluding hydrogens is 266 g/mol. The molecule has 5 heteroatoms. The highest BCUT2D eigenvalue weighted by molar-refractivity contribution is 8.00. The van der Waals surface area contributed by atoms with Gasteiger partial charge in [0.05, 0.1) is 11.5 Å². The van der Waals surface area contributed by atoms with Crippen LogP contribution in [0.2, 0.25) is 0 Å². The molecule has 1 N–H and O–H groups in total. The molecule has 3 rings (SSSR count). The summed E-state index contributed by atoms with van der Waals surface area (Å²) >= 11 is 3.32. The van der Waals surface area contributed by atoms with Crippen LogP contribution in [0.1, 0.15) is 16.5 Å². The molecule has 0 amide bonds. The van der Waals surface area contributed by atoms with Crippen LogP contribution in [-0.2, 0) is 10.5 Å². The van der Waals surface area contributed by atoms with Crippen LogP contribution in [0.5, 0.6) is 0 Å². The van der Waals surface area contributed by atoms with E-state index >= 15 is 0 Å². The van der Waals surface area contributed by atoms with Crippen LogP contribution in [0, 0.1) is 0 Å². The number of ether oxygens (including phenoxy) is 1. The van der Waals surface area contributed by atoms with E-state index in [1.54, 1.807) is 23.1 Å². The molecule has 3 nitrogen and oxygen atoms in total. The average Bonchev–Trinajstić information content (AvgIpc) is 2.84. The maximum atomic E-state index is 9.53. The summed E-state index contributed by atoms with van der Waals surface area (Å²) in [5.41, 5.74) is 1.29. The van der Waals surface area contributed by atoms with Gasteiger partial charge in [-0.1, -0.05) is 42.1 Å². The summed E-state index contributed by atoms with van der Waals surface area (Å²) in [6, 6.07) is 10.3. The van der Waals surface area contributed by atoms with Gasteiger partial charge in [-0.05, 0) is 5.56 Å². The molecule has 2 unspecified atom stereocenters. The van der Waals surface area contributed by atoms with Crippen LogP contribution in [0.15, 0.2) is 40.9 Å². The molecule has 0 aliphatic carbocycles. The van der Waals surface area contributed by atoms with E-state index in [-0.39, 0.29) is 12.2 Å². The summed E-state index contributed by atoms with van der Waals surface area (Å²) < 4.78 is 6.34. The molecule has 1 fully saturated rings. The number of aliphatic hydroxyl groups excluding tert-OH is 1. The van der Waals surface area contributed by atoms with Crippen molar-refractivity contribution >= 4 is 23.1 Å². The number of aromatic nitrogens is 1. The van der Waals surface area contributed by atoms with Crippen LogP contribution in [0.25, 0.3) is 0 Å². The third-order valence-corrected chi connectivity index (χ3v) is 5.07. The summed E-state index contributed by atoms with van der Waals surface area (Å²) in [5, 5.41) is 9.53. The second-order valence-corrected chi connectivity index (χ2v) is 6.41. The number of nitrogens with zero attached hydrogens (tertiary/aromatic N) is 1. The van der Waals surface area contributed by atoms with Gasteiger partial charge in [0.15, 0.2) is 0 Å². The van der Waals surface area contributed by atoms with Gasteiger partial charge in [-0.2, -0.15) is 0 Å². The number of thiazole rings is 1. The number of rotatable bonds is 4. The lowest BCUT2D eigenvalue weighted by atomic mass is 10.1. The van der Waals surface area contributed by atoms with Gasteiger partial charge in [-0.15, -0.1) is 11.3 Å². The number of hydrogen-bond donors (Lipinski definition) is 1. The first-order chi connectivity index (χ1) is 8.83. The van der Waals surface area contributed by atoms with Gasteiger partial charge in [0.25, 0.3) is 0 Å². The first-order valence-corrected chi connectivity index (χ1v) is 7.55. The Bertz CT molecular complexity index is 515. The topological polar surface area (TPSA) is 42.4 Å². The minimum absolute atomic E-state index is 0.159. The van der Waals surface area contributed by atoms with Crippen LogP contribution in [0.3, 0.4) is 0 Å². The lowest BCUT2D eigenvalue weighted by molar-refractivity contribution is -0.163. The second-order valence-electron chi connectivity index (χ2n) is 4.12. The standard InChI is InChI=1S/C13H13NO2S2/c15-10-7-16-12(10)11-6-14-13(18-11)17-8-9-4-2-1-3-5-9/h1-6,10,12,15H,7-8H2. The van der Waals surface area contributed by atoms with Crippen molar-refractivity contribution in [1.82, 2.24) is 4.98 Å². The average molecular weight is 279 g/mol. The molecule has 2 atom stereocenters. The minimum Gasteiger partial charge on any atom is -0.388 e. The molecule has 1 aromatic carbocycles. The van der Waals surface area contributed by atoms with E-state index in [0.29, 0.717) is 6.61 Å². The van der Waals surface area contributed by atoms with Crippen molar-refractivity contribution in [3.63, 3.8) is 0 Å².